The lowest BCUT2D eigenvalue weighted by molar-refractivity contribution is -0.138. The first-order valence-corrected chi connectivity index (χ1v) is 10.1. The van der Waals surface area contributed by atoms with Crippen LogP contribution in [0.5, 0.6) is 0 Å². The third-order valence-electron chi connectivity index (χ3n) is 4.59. The fourth-order valence-electron chi connectivity index (χ4n) is 2.84. The SMILES string of the molecule is C=C(C)C(=O)OCCNCC(CC)CCCCCCCCCCC. The number of rotatable bonds is 17. The first-order valence-electron chi connectivity index (χ1n) is 10.1. The molecule has 0 radical (unpaired) electrons. The zero-order valence-corrected chi connectivity index (χ0v) is 16.5. The van der Waals surface area contributed by atoms with E-state index >= 15 is 0 Å². The van der Waals surface area contributed by atoms with Gasteiger partial charge in [0.25, 0.3) is 0 Å². The van der Waals surface area contributed by atoms with E-state index in [-0.39, 0.29) is 5.97 Å². The van der Waals surface area contributed by atoms with Gasteiger partial charge in [0.05, 0.1) is 0 Å². The van der Waals surface area contributed by atoms with Gasteiger partial charge >= 0.3 is 5.97 Å². The van der Waals surface area contributed by atoms with E-state index in [0.29, 0.717) is 12.2 Å². The highest BCUT2D eigenvalue weighted by molar-refractivity contribution is 5.86. The molecule has 0 saturated heterocycles. The molecule has 0 aromatic rings. The molecular weight excluding hydrogens is 298 g/mol. The molecule has 0 aliphatic rings. The highest BCUT2D eigenvalue weighted by Crippen LogP contribution is 2.15. The van der Waals surface area contributed by atoms with Crippen LogP contribution in [0.2, 0.25) is 0 Å². The molecule has 0 fully saturated rings. The molecule has 1 N–H and O–H groups in total. The van der Waals surface area contributed by atoms with Crippen molar-refractivity contribution in [3.8, 4) is 0 Å². The normalized spacial score (nSPS) is 12.1. The van der Waals surface area contributed by atoms with Crippen molar-refractivity contribution in [2.45, 2.75) is 91.4 Å². The Bertz CT molecular complexity index is 315. The Kier molecular flexibility index (Phi) is 16.4. The summed E-state index contributed by atoms with van der Waals surface area (Å²) in [7, 11) is 0. The number of ether oxygens (including phenoxy) is 1. The second-order valence-corrected chi connectivity index (χ2v) is 7.01. The summed E-state index contributed by atoms with van der Waals surface area (Å²) in [6.45, 7) is 12.0. The van der Waals surface area contributed by atoms with Crippen LogP contribution in [0.25, 0.3) is 0 Å². The van der Waals surface area contributed by atoms with Crippen LogP contribution in [-0.2, 0) is 9.53 Å². The molecule has 0 bridgehead atoms. The van der Waals surface area contributed by atoms with Crippen LogP contribution in [-0.4, -0.2) is 25.7 Å². The summed E-state index contributed by atoms with van der Waals surface area (Å²) in [5.41, 5.74) is 0.465. The van der Waals surface area contributed by atoms with Crippen molar-refractivity contribution in [1.29, 1.82) is 0 Å². The summed E-state index contributed by atoms with van der Waals surface area (Å²) in [6.07, 6.45) is 15.1. The van der Waals surface area contributed by atoms with Gasteiger partial charge < -0.3 is 10.1 Å². The van der Waals surface area contributed by atoms with Gasteiger partial charge in [0.15, 0.2) is 0 Å². The highest BCUT2D eigenvalue weighted by Gasteiger charge is 2.06. The first-order chi connectivity index (χ1) is 11.6. The first kappa shape index (κ1) is 23.2. The van der Waals surface area contributed by atoms with Crippen molar-refractivity contribution < 1.29 is 9.53 Å². The minimum Gasteiger partial charge on any atom is -0.461 e. The maximum absolute atomic E-state index is 11.2. The summed E-state index contributed by atoms with van der Waals surface area (Å²) in [5, 5.41) is 3.40. The van der Waals surface area contributed by atoms with Crippen LogP contribution in [0.15, 0.2) is 12.2 Å². The number of hydrogen-bond donors (Lipinski definition) is 1. The lowest BCUT2D eigenvalue weighted by atomic mass is 9.97. The van der Waals surface area contributed by atoms with E-state index in [4.69, 9.17) is 4.74 Å². The number of carbonyl (C=O) groups excluding carboxylic acids is 1. The average molecular weight is 340 g/mol. The molecule has 0 aromatic carbocycles. The molecule has 0 rings (SSSR count). The van der Waals surface area contributed by atoms with Gasteiger partial charge in [-0.1, -0.05) is 84.6 Å². The van der Waals surface area contributed by atoms with Gasteiger partial charge in [-0.25, -0.2) is 4.79 Å². The van der Waals surface area contributed by atoms with Crippen LogP contribution < -0.4 is 5.32 Å². The van der Waals surface area contributed by atoms with Gasteiger partial charge in [0.2, 0.25) is 0 Å². The van der Waals surface area contributed by atoms with Crippen molar-refractivity contribution in [2.75, 3.05) is 19.7 Å². The Hall–Kier alpha value is -0.830. The minimum atomic E-state index is -0.293. The van der Waals surface area contributed by atoms with E-state index in [1.807, 2.05) is 0 Å². The third-order valence-corrected chi connectivity index (χ3v) is 4.59. The van der Waals surface area contributed by atoms with E-state index in [0.717, 1.165) is 19.0 Å². The van der Waals surface area contributed by atoms with Gasteiger partial charge in [-0.05, 0) is 25.8 Å². The maximum atomic E-state index is 11.2. The summed E-state index contributed by atoms with van der Waals surface area (Å²) in [5.74, 6) is 0.449. The topological polar surface area (TPSA) is 38.3 Å². The van der Waals surface area contributed by atoms with E-state index in [2.05, 4.69) is 25.7 Å². The number of nitrogens with one attached hydrogen (secondary N) is 1. The molecule has 0 amide bonds. The molecule has 1 atom stereocenters. The fraction of sp³-hybridized carbons (Fsp3) is 0.857. The third kappa shape index (κ3) is 14.7. The second kappa shape index (κ2) is 17.0. The Morgan fingerprint density at radius 2 is 1.58 bits per heavy atom. The smallest absolute Gasteiger partial charge is 0.333 e. The van der Waals surface area contributed by atoms with Crippen molar-refractivity contribution in [1.82, 2.24) is 5.32 Å². The van der Waals surface area contributed by atoms with Crippen LogP contribution >= 0.6 is 0 Å². The van der Waals surface area contributed by atoms with Crippen LogP contribution in [0.1, 0.15) is 91.4 Å². The van der Waals surface area contributed by atoms with Gasteiger partial charge in [0, 0.05) is 12.1 Å². The monoisotopic (exact) mass is 339 g/mol. The summed E-state index contributed by atoms with van der Waals surface area (Å²) >= 11 is 0. The predicted molar refractivity (Wildman–Crippen MR) is 104 cm³/mol. The van der Waals surface area contributed by atoms with Crippen molar-refractivity contribution in [3.05, 3.63) is 12.2 Å². The van der Waals surface area contributed by atoms with E-state index in [9.17, 15) is 4.79 Å². The molecule has 0 aliphatic carbocycles. The van der Waals surface area contributed by atoms with Gasteiger partial charge in [-0.3, -0.25) is 0 Å². The zero-order chi connectivity index (χ0) is 18.0. The molecule has 3 heteroatoms. The van der Waals surface area contributed by atoms with E-state index in [1.165, 1.54) is 70.6 Å². The van der Waals surface area contributed by atoms with Crippen molar-refractivity contribution >= 4 is 5.97 Å². The van der Waals surface area contributed by atoms with Crippen molar-refractivity contribution in [2.24, 2.45) is 5.92 Å². The van der Waals surface area contributed by atoms with Gasteiger partial charge in [-0.15, -0.1) is 0 Å². The van der Waals surface area contributed by atoms with Crippen LogP contribution in [0.4, 0.5) is 0 Å². The molecule has 0 aliphatic heterocycles. The number of esters is 1. The molecule has 0 aromatic heterocycles. The summed E-state index contributed by atoms with van der Waals surface area (Å²) in [4.78, 5) is 11.2. The number of carbonyl (C=O) groups is 1. The Morgan fingerprint density at radius 1 is 1.00 bits per heavy atom. The lowest BCUT2D eigenvalue weighted by Gasteiger charge is -2.15. The quantitative estimate of drug-likeness (QED) is 0.212. The van der Waals surface area contributed by atoms with Crippen molar-refractivity contribution in [3.63, 3.8) is 0 Å². The standard InChI is InChI=1S/C21H41NO2/c1-5-7-8-9-10-11-12-13-14-15-20(6-2)18-22-16-17-24-21(23)19(3)4/h20,22H,3,5-18H2,1-2,4H3. The second-order valence-electron chi connectivity index (χ2n) is 7.01. The molecular formula is C21H41NO2. The minimum absolute atomic E-state index is 0.293. The Balaban J connectivity index is 3.43. The van der Waals surface area contributed by atoms with E-state index < -0.39 is 0 Å². The molecule has 0 saturated carbocycles. The van der Waals surface area contributed by atoms with Gasteiger partial charge in [-0.2, -0.15) is 0 Å². The molecule has 0 spiro atoms. The lowest BCUT2D eigenvalue weighted by Crippen LogP contribution is -2.27. The summed E-state index contributed by atoms with van der Waals surface area (Å²) < 4.78 is 5.08. The highest BCUT2D eigenvalue weighted by atomic mass is 16.5. The molecule has 142 valence electrons. The number of unbranched alkanes of at least 4 members (excludes halogenated alkanes) is 8. The average Bonchev–Trinajstić information content (AvgIpc) is 2.57. The Morgan fingerprint density at radius 3 is 2.12 bits per heavy atom. The molecule has 3 nitrogen and oxygen atoms in total. The zero-order valence-electron chi connectivity index (χ0n) is 16.5. The molecule has 24 heavy (non-hydrogen) atoms. The van der Waals surface area contributed by atoms with Crippen LogP contribution in [0.3, 0.4) is 0 Å². The van der Waals surface area contributed by atoms with Gasteiger partial charge in [0.1, 0.15) is 6.61 Å². The predicted octanol–water partition coefficient (Wildman–Crippen LogP) is 5.64. The van der Waals surface area contributed by atoms with Crippen LogP contribution in [0, 0.1) is 5.92 Å². The summed E-state index contributed by atoms with van der Waals surface area (Å²) in [6, 6.07) is 0. The maximum Gasteiger partial charge on any atom is 0.333 e. The van der Waals surface area contributed by atoms with E-state index in [1.54, 1.807) is 6.92 Å². The Labute approximate surface area is 150 Å². The number of hydrogen-bond acceptors (Lipinski definition) is 3. The fourth-order valence-corrected chi connectivity index (χ4v) is 2.84. The molecule has 1 unspecified atom stereocenters. The largest absolute Gasteiger partial charge is 0.461 e. The molecule has 0 heterocycles.